The molecule has 6 nitrogen and oxygen atoms in total. The fourth-order valence-corrected chi connectivity index (χ4v) is 2.96. The van der Waals surface area contributed by atoms with Crippen molar-refractivity contribution in [3.8, 4) is 5.75 Å². The summed E-state index contributed by atoms with van der Waals surface area (Å²) >= 11 is 3.42. The topological polar surface area (TPSA) is 62.2 Å². The van der Waals surface area contributed by atoms with E-state index in [9.17, 15) is 4.79 Å². The highest BCUT2D eigenvalue weighted by Crippen LogP contribution is 2.17. The van der Waals surface area contributed by atoms with Crippen LogP contribution in [0.5, 0.6) is 5.75 Å². The Kier molecular flexibility index (Phi) is 7.29. The van der Waals surface area contributed by atoms with Crippen LogP contribution >= 0.6 is 15.9 Å². The number of carboxylic acids is 1. The van der Waals surface area contributed by atoms with Crippen molar-refractivity contribution >= 4 is 21.9 Å². The summed E-state index contributed by atoms with van der Waals surface area (Å²) in [6.45, 7) is 4.44. The molecule has 1 heterocycles. The first-order chi connectivity index (χ1) is 11.0. The molecule has 0 spiro atoms. The maximum atomic E-state index is 10.7. The van der Waals surface area contributed by atoms with E-state index >= 15 is 0 Å². The Hall–Kier alpha value is -1.15. The summed E-state index contributed by atoms with van der Waals surface area (Å²) in [5.41, 5.74) is 0. The molecule has 1 saturated heterocycles. The maximum Gasteiger partial charge on any atom is 0.317 e. The van der Waals surface area contributed by atoms with E-state index in [4.69, 9.17) is 14.6 Å². The third-order valence-electron chi connectivity index (χ3n) is 3.62. The third-order valence-corrected chi connectivity index (χ3v) is 4.11. The predicted octanol–water partition coefficient (Wildman–Crippen LogP) is 1.55. The molecule has 0 radical (unpaired) electrons. The van der Waals surface area contributed by atoms with E-state index in [-0.39, 0.29) is 12.6 Å². The summed E-state index contributed by atoms with van der Waals surface area (Å²) in [4.78, 5) is 14.8. The van der Waals surface area contributed by atoms with Crippen LogP contribution in [0.4, 0.5) is 0 Å². The second kappa shape index (κ2) is 9.22. The van der Waals surface area contributed by atoms with Crippen molar-refractivity contribution in [3.63, 3.8) is 0 Å². The van der Waals surface area contributed by atoms with Gasteiger partial charge in [-0.3, -0.25) is 14.6 Å². The van der Waals surface area contributed by atoms with Crippen molar-refractivity contribution in [2.75, 3.05) is 53.0 Å². The van der Waals surface area contributed by atoms with Crippen LogP contribution in [0.3, 0.4) is 0 Å². The minimum absolute atomic E-state index is 0.0336. The quantitative estimate of drug-likeness (QED) is 0.731. The first kappa shape index (κ1) is 18.2. The molecule has 0 amide bonds. The summed E-state index contributed by atoms with van der Waals surface area (Å²) < 4.78 is 12.5. The molecule has 1 aromatic carbocycles. The number of likely N-dealkylation sites (N-methyl/N-ethyl adjacent to an activating group) is 1. The number of ether oxygens (including phenoxy) is 2. The fraction of sp³-hybridized carbons (Fsp3) is 0.562. The minimum Gasteiger partial charge on any atom is -0.492 e. The van der Waals surface area contributed by atoms with Gasteiger partial charge in [-0.15, -0.1) is 0 Å². The molecule has 0 aliphatic carbocycles. The number of benzene rings is 1. The van der Waals surface area contributed by atoms with Crippen molar-refractivity contribution in [1.29, 1.82) is 0 Å². The van der Waals surface area contributed by atoms with E-state index in [1.807, 2.05) is 24.3 Å². The molecule has 0 bridgehead atoms. The lowest BCUT2D eigenvalue weighted by molar-refractivity contribution is -0.138. The molecule has 1 unspecified atom stereocenters. The summed E-state index contributed by atoms with van der Waals surface area (Å²) in [7, 11) is 1.80. The van der Waals surface area contributed by atoms with Gasteiger partial charge in [0.05, 0.1) is 19.3 Å². The molecule has 0 saturated carbocycles. The number of hydrogen-bond donors (Lipinski definition) is 1. The normalized spacial score (nSPS) is 19.0. The summed E-state index contributed by atoms with van der Waals surface area (Å²) in [5, 5.41) is 8.80. The fourth-order valence-electron chi connectivity index (χ4n) is 2.59. The maximum absolute atomic E-state index is 10.7. The average molecular weight is 387 g/mol. The largest absolute Gasteiger partial charge is 0.492 e. The van der Waals surface area contributed by atoms with Gasteiger partial charge in [0.25, 0.3) is 0 Å². The Morgan fingerprint density at radius 2 is 2.39 bits per heavy atom. The van der Waals surface area contributed by atoms with Gasteiger partial charge in [0.2, 0.25) is 0 Å². The zero-order valence-electron chi connectivity index (χ0n) is 13.3. The number of halogens is 1. The minimum atomic E-state index is -0.817. The van der Waals surface area contributed by atoms with Gasteiger partial charge in [-0.25, -0.2) is 0 Å². The van der Waals surface area contributed by atoms with Crippen LogP contribution in [0.15, 0.2) is 28.7 Å². The molecule has 1 fully saturated rings. The molecule has 1 atom stereocenters. The monoisotopic (exact) mass is 386 g/mol. The number of morpholine rings is 1. The molecular weight excluding hydrogens is 364 g/mol. The van der Waals surface area contributed by atoms with Gasteiger partial charge in [-0.05, 0) is 25.2 Å². The Morgan fingerprint density at radius 3 is 3.13 bits per heavy atom. The highest BCUT2D eigenvalue weighted by atomic mass is 79.9. The molecule has 2 rings (SSSR count). The molecule has 1 N–H and O–H groups in total. The summed E-state index contributed by atoms with van der Waals surface area (Å²) in [6.07, 6.45) is 0.0407. The van der Waals surface area contributed by atoms with Gasteiger partial charge in [0.15, 0.2) is 0 Å². The van der Waals surface area contributed by atoms with Gasteiger partial charge >= 0.3 is 5.97 Å². The van der Waals surface area contributed by atoms with Crippen molar-refractivity contribution in [1.82, 2.24) is 9.80 Å². The molecule has 128 valence electrons. The standard InChI is InChI=1S/C16H23BrN2O4/c1-18(12-16(20)21)10-15-11-19(6-8-23-15)5-7-22-14-4-2-3-13(17)9-14/h2-4,9,15H,5-8,10-12H2,1H3,(H,20,21). The Morgan fingerprint density at radius 1 is 1.57 bits per heavy atom. The zero-order valence-corrected chi connectivity index (χ0v) is 14.9. The van der Waals surface area contributed by atoms with Crippen LogP contribution in [-0.4, -0.2) is 80.0 Å². The number of hydrogen-bond acceptors (Lipinski definition) is 5. The molecule has 1 aromatic rings. The van der Waals surface area contributed by atoms with Crippen LogP contribution in [0.25, 0.3) is 0 Å². The Labute approximate surface area is 145 Å². The lowest BCUT2D eigenvalue weighted by Gasteiger charge is -2.34. The van der Waals surface area contributed by atoms with E-state index in [0.29, 0.717) is 19.8 Å². The van der Waals surface area contributed by atoms with Crippen LogP contribution < -0.4 is 4.74 Å². The van der Waals surface area contributed by atoms with E-state index < -0.39 is 5.97 Å². The highest BCUT2D eigenvalue weighted by molar-refractivity contribution is 9.10. The predicted molar refractivity (Wildman–Crippen MR) is 90.9 cm³/mol. The number of nitrogens with zero attached hydrogens (tertiary/aromatic N) is 2. The van der Waals surface area contributed by atoms with Crippen molar-refractivity contribution in [2.45, 2.75) is 6.10 Å². The van der Waals surface area contributed by atoms with Crippen LogP contribution in [-0.2, 0) is 9.53 Å². The zero-order chi connectivity index (χ0) is 16.7. The van der Waals surface area contributed by atoms with Gasteiger partial charge in [0, 0.05) is 30.7 Å². The molecular formula is C16H23BrN2O4. The molecule has 1 aliphatic heterocycles. The Bertz CT molecular complexity index is 515. The van der Waals surface area contributed by atoms with Gasteiger partial charge in [0.1, 0.15) is 12.4 Å². The average Bonchev–Trinajstić information content (AvgIpc) is 2.46. The number of carboxylic acid groups (broad SMARTS) is 1. The SMILES string of the molecule is CN(CC(=O)O)CC1CN(CCOc2cccc(Br)c2)CCO1. The number of rotatable bonds is 8. The summed E-state index contributed by atoms with van der Waals surface area (Å²) in [5.74, 6) is 0.0352. The highest BCUT2D eigenvalue weighted by Gasteiger charge is 2.22. The lowest BCUT2D eigenvalue weighted by Crippen LogP contribution is -2.48. The van der Waals surface area contributed by atoms with Crippen LogP contribution in [0, 0.1) is 0 Å². The Balaban J connectivity index is 1.70. The number of carbonyl (C=O) groups is 1. The van der Waals surface area contributed by atoms with E-state index in [1.165, 1.54) is 0 Å². The molecule has 23 heavy (non-hydrogen) atoms. The van der Waals surface area contributed by atoms with Gasteiger partial charge in [-0.1, -0.05) is 22.0 Å². The van der Waals surface area contributed by atoms with Crippen molar-refractivity contribution < 1.29 is 19.4 Å². The molecule has 1 aliphatic rings. The van der Waals surface area contributed by atoms with Gasteiger partial charge < -0.3 is 14.6 Å². The lowest BCUT2D eigenvalue weighted by atomic mass is 10.2. The van der Waals surface area contributed by atoms with E-state index in [2.05, 4.69) is 20.8 Å². The molecule has 7 heteroatoms. The van der Waals surface area contributed by atoms with Crippen molar-refractivity contribution in [2.24, 2.45) is 0 Å². The van der Waals surface area contributed by atoms with Gasteiger partial charge in [-0.2, -0.15) is 0 Å². The second-order valence-electron chi connectivity index (χ2n) is 5.69. The number of aliphatic carboxylic acids is 1. The second-order valence-corrected chi connectivity index (χ2v) is 6.61. The van der Waals surface area contributed by atoms with Crippen LogP contribution in [0.2, 0.25) is 0 Å². The third kappa shape index (κ3) is 6.87. The van der Waals surface area contributed by atoms with Crippen molar-refractivity contribution in [3.05, 3.63) is 28.7 Å². The summed E-state index contributed by atoms with van der Waals surface area (Å²) in [6, 6.07) is 7.80. The first-order valence-corrected chi connectivity index (χ1v) is 8.45. The smallest absolute Gasteiger partial charge is 0.317 e. The van der Waals surface area contributed by atoms with Crippen LogP contribution in [0.1, 0.15) is 0 Å². The van der Waals surface area contributed by atoms with E-state index in [0.717, 1.165) is 29.9 Å². The first-order valence-electron chi connectivity index (χ1n) is 7.65. The van der Waals surface area contributed by atoms with E-state index in [1.54, 1.807) is 11.9 Å². The molecule has 0 aromatic heterocycles.